The van der Waals surface area contributed by atoms with Gasteiger partial charge in [0.25, 0.3) is 5.91 Å². The molecule has 0 aliphatic rings. The molecule has 0 radical (unpaired) electrons. The quantitative estimate of drug-likeness (QED) is 0.787. The van der Waals surface area contributed by atoms with Crippen LogP contribution < -0.4 is 0 Å². The minimum Gasteiger partial charge on any atom is -0.339 e. The van der Waals surface area contributed by atoms with E-state index in [4.69, 9.17) is 11.6 Å². The van der Waals surface area contributed by atoms with Crippen LogP contribution in [-0.4, -0.2) is 38.6 Å². The molecule has 0 saturated heterocycles. The highest BCUT2D eigenvalue weighted by atomic mass is 35.5. The molecular formula is C18H20ClNO3S. The lowest BCUT2D eigenvalue weighted by Crippen LogP contribution is -2.32. The Morgan fingerprint density at radius 1 is 1.12 bits per heavy atom. The van der Waals surface area contributed by atoms with Crippen molar-refractivity contribution in [1.29, 1.82) is 0 Å². The lowest BCUT2D eigenvalue weighted by Gasteiger charge is -2.21. The molecule has 0 N–H and O–H groups in total. The molecule has 24 heavy (non-hydrogen) atoms. The monoisotopic (exact) mass is 365 g/mol. The molecule has 0 fully saturated rings. The fourth-order valence-corrected chi connectivity index (χ4v) is 3.72. The van der Waals surface area contributed by atoms with Crippen molar-refractivity contribution in [2.24, 2.45) is 0 Å². The van der Waals surface area contributed by atoms with Crippen molar-refractivity contribution in [3.63, 3.8) is 0 Å². The van der Waals surface area contributed by atoms with Crippen molar-refractivity contribution in [2.75, 3.05) is 19.3 Å². The Bertz CT molecular complexity index is 819. The first-order chi connectivity index (χ1) is 11.3. The van der Waals surface area contributed by atoms with Crippen molar-refractivity contribution in [1.82, 2.24) is 4.90 Å². The molecule has 6 heteroatoms. The molecule has 0 aliphatic heterocycles. The van der Waals surface area contributed by atoms with E-state index >= 15 is 0 Å². The maximum Gasteiger partial charge on any atom is 0.253 e. The van der Waals surface area contributed by atoms with Gasteiger partial charge in [-0.3, -0.25) is 4.79 Å². The van der Waals surface area contributed by atoms with Crippen LogP contribution in [0, 0.1) is 0 Å². The third-order valence-electron chi connectivity index (χ3n) is 3.76. The largest absolute Gasteiger partial charge is 0.339 e. The number of halogens is 1. The van der Waals surface area contributed by atoms with Crippen LogP contribution in [0.25, 0.3) is 0 Å². The summed E-state index contributed by atoms with van der Waals surface area (Å²) in [5.74, 6) is -0.199. The first-order valence-electron chi connectivity index (χ1n) is 7.65. The Labute approximate surface area is 148 Å². The van der Waals surface area contributed by atoms with Crippen molar-refractivity contribution in [2.45, 2.75) is 18.2 Å². The molecule has 2 rings (SSSR count). The first-order valence-corrected chi connectivity index (χ1v) is 9.92. The smallest absolute Gasteiger partial charge is 0.253 e. The number of hydrogen-bond donors (Lipinski definition) is 0. The summed E-state index contributed by atoms with van der Waals surface area (Å²) in [6.45, 7) is 3.01. The molecule has 0 aromatic heterocycles. The number of benzene rings is 2. The Hall–Kier alpha value is -1.85. The standard InChI is InChI=1S/C18H20ClNO3S/c1-3-20(12-11-14-7-5-4-6-8-14)18(21)15-9-10-16(19)17(13-15)24(2,22)23/h4-10,13H,3,11-12H2,1-2H3. The highest BCUT2D eigenvalue weighted by Gasteiger charge is 2.19. The first kappa shape index (κ1) is 18.5. The normalized spacial score (nSPS) is 11.3. The number of rotatable bonds is 6. The molecular weight excluding hydrogens is 346 g/mol. The minimum atomic E-state index is -3.48. The van der Waals surface area contributed by atoms with E-state index in [0.717, 1.165) is 18.2 Å². The zero-order valence-corrected chi connectivity index (χ0v) is 15.3. The summed E-state index contributed by atoms with van der Waals surface area (Å²) < 4.78 is 23.5. The Morgan fingerprint density at radius 3 is 2.38 bits per heavy atom. The van der Waals surface area contributed by atoms with Gasteiger partial charge in [0.2, 0.25) is 0 Å². The summed E-state index contributed by atoms with van der Waals surface area (Å²) >= 11 is 5.94. The number of carbonyl (C=O) groups excluding carboxylic acids is 1. The molecule has 0 atom stereocenters. The number of amides is 1. The summed E-state index contributed by atoms with van der Waals surface area (Å²) in [7, 11) is -3.48. The van der Waals surface area contributed by atoms with Gasteiger partial charge in [-0.25, -0.2) is 8.42 Å². The Morgan fingerprint density at radius 2 is 1.79 bits per heavy atom. The van der Waals surface area contributed by atoms with Crippen LogP contribution in [0.3, 0.4) is 0 Å². The predicted molar refractivity (Wildman–Crippen MR) is 96.3 cm³/mol. The van der Waals surface area contributed by atoms with Gasteiger partial charge in [0.05, 0.1) is 9.92 Å². The number of carbonyl (C=O) groups is 1. The third-order valence-corrected chi connectivity index (χ3v) is 5.34. The van der Waals surface area contributed by atoms with E-state index in [0.29, 0.717) is 18.7 Å². The Balaban J connectivity index is 2.19. The summed E-state index contributed by atoms with van der Waals surface area (Å²) in [5.41, 5.74) is 1.48. The van der Waals surface area contributed by atoms with Gasteiger partial charge >= 0.3 is 0 Å². The highest BCUT2D eigenvalue weighted by Crippen LogP contribution is 2.23. The van der Waals surface area contributed by atoms with Crippen LogP contribution in [-0.2, 0) is 16.3 Å². The molecule has 2 aromatic carbocycles. The van der Waals surface area contributed by atoms with E-state index in [1.807, 2.05) is 37.3 Å². The molecule has 2 aromatic rings. The van der Waals surface area contributed by atoms with E-state index < -0.39 is 9.84 Å². The second-order valence-electron chi connectivity index (χ2n) is 5.54. The number of sulfone groups is 1. The van der Waals surface area contributed by atoms with Crippen LogP contribution in [0.4, 0.5) is 0 Å². The van der Waals surface area contributed by atoms with Crippen molar-refractivity contribution < 1.29 is 13.2 Å². The fraction of sp³-hybridized carbons (Fsp3) is 0.278. The van der Waals surface area contributed by atoms with Crippen molar-refractivity contribution in [3.05, 3.63) is 64.7 Å². The summed E-state index contributed by atoms with van der Waals surface area (Å²) in [4.78, 5) is 14.4. The highest BCUT2D eigenvalue weighted by molar-refractivity contribution is 7.90. The number of nitrogens with zero attached hydrogens (tertiary/aromatic N) is 1. The van der Waals surface area contributed by atoms with Gasteiger partial charge in [-0.15, -0.1) is 0 Å². The van der Waals surface area contributed by atoms with Gasteiger partial charge < -0.3 is 4.90 Å². The Kier molecular flexibility index (Phi) is 6.02. The maximum absolute atomic E-state index is 12.7. The van der Waals surface area contributed by atoms with E-state index in [1.165, 1.54) is 12.1 Å². The fourth-order valence-electron chi connectivity index (χ4n) is 2.42. The number of hydrogen-bond acceptors (Lipinski definition) is 3. The third kappa shape index (κ3) is 4.58. The SMILES string of the molecule is CCN(CCc1ccccc1)C(=O)c1ccc(Cl)c(S(C)(=O)=O)c1. The lowest BCUT2D eigenvalue weighted by atomic mass is 10.1. The molecule has 0 aliphatic carbocycles. The molecule has 4 nitrogen and oxygen atoms in total. The molecule has 0 spiro atoms. The lowest BCUT2D eigenvalue weighted by molar-refractivity contribution is 0.0766. The van der Waals surface area contributed by atoms with E-state index in [1.54, 1.807) is 11.0 Å². The van der Waals surface area contributed by atoms with E-state index in [9.17, 15) is 13.2 Å². The predicted octanol–water partition coefficient (Wildman–Crippen LogP) is 3.45. The molecule has 128 valence electrons. The van der Waals surface area contributed by atoms with E-state index in [-0.39, 0.29) is 15.8 Å². The van der Waals surface area contributed by atoms with Gasteiger partial charge in [0.1, 0.15) is 0 Å². The maximum atomic E-state index is 12.7. The van der Waals surface area contributed by atoms with Crippen LogP contribution in [0.2, 0.25) is 5.02 Å². The zero-order valence-electron chi connectivity index (χ0n) is 13.7. The van der Waals surface area contributed by atoms with Crippen LogP contribution in [0.15, 0.2) is 53.4 Å². The van der Waals surface area contributed by atoms with Gasteiger partial charge in [0.15, 0.2) is 9.84 Å². The summed E-state index contributed by atoms with van der Waals surface area (Å²) in [6, 6.07) is 14.3. The molecule has 0 heterocycles. The topological polar surface area (TPSA) is 54.5 Å². The summed E-state index contributed by atoms with van der Waals surface area (Å²) in [6.07, 6.45) is 1.82. The van der Waals surface area contributed by atoms with Crippen molar-refractivity contribution >= 4 is 27.3 Å². The van der Waals surface area contributed by atoms with Gasteiger partial charge in [-0.05, 0) is 37.1 Å². The second kappa shape index (κ2) is 7.81. The van der Waals surface area contributed by atoms with Gasteiger partial charge in [-0.2, -0.15) is 0 Å². The van der Waals surface area contributed by atoms with Gasteiger partial charge in [0, 0.05) is 24.9 Å². The summed E-state index contributed by atoms with van der Waals surface area (Å²) in [5, 5.41) is 0.126. The molecule has 0 saturated carbocycles. The molecule has 1 amide bonds. The zero-order chi connectivity index (χ0) is 17.7. The van der Waals surface area contributed by atoms with Crippen LogP contribution in [0.5, 0.6) is 0 Å². The minimum absolute atomic E-state index is 0.0193. The second-order valence-corrected chi connectivity index (χ2v) is 7.93. The molecule has 0 unspecified atom stereocenters. The van der Waals surface area contributed by atoms with Gasteiger partial charge in [-0.1, -0.05) is 41.9 Å². The van der Waals surface area contributed by atoms with Crippen LogP contribution >= 0.6 is 11.6 Å². The van der Waals surface area contributed by atoms with Crippen molar-refractivity contribution in [3.8, 4) is 0 Å². The van der Waals surface area contributed by atoms with Crippen LogP contribution in [0.1, 0.15) is 22.8 Å². The molecule has 0 bridgehead atoms. The average Bonchev–Trinajstić information content (AvgIpc) is 2.55. The van der Waals surface area contributed by atoms with E-state index in [2.05, 4.69) is 0 Å². The number of likely N-dealkylation sites (N-methyl/N-ethyl adjacent to an activating group) is 1. The average molecular weight is 366 g/mol.